The van der Waals surface area contributed by atoms with Crippen molar-refractivity contribution in [2.45, 2.75) is 59.9 Å². The van der Waals surface area contributed by atoms with Gasteiger partial charge in [-0.1, -0.05) is 45.9 Å². The molecule has 19 heavy (non-hydrogen) atoms. The summed E-state index contributed by atoms with van der Waals surface area (Å²) in [6.45, 7) is 12.7. The molecular weight excluding hydrogens is 230 g/mol. The Morgan fingerprint density at radius 1 is 1.11 bits per heavy atom. The highest BCUT2D eigenvalue weighted by Gasteiger charge is 2.20. The molecule has 1 aromatic rings. The number of benzene rings is 1. The summed E-state index contributed by atoms with van der Waals surface area (Å²) >= 11 is 0. The quantitative estimate of drug-likeness (QED) is 0.839. The Hall–Kier alpha value is -0.820. The summed E-state index contributed by atoms with van der Waals surface area (Å²) in [5.74, 6) is 0.685. The maximum Gasteiger partial charge on any atom is 0.0292 e. The van der Waals surface area contributed by atoms with Gasteiger partial charge in [0.15, 0.2) is 0 Å². The van der Waals surface area contributed by atoms with Crippen LogP contribution in [0.25, 0.3) is 0 Å². The molecule has 0 aromatic heterocycles. The predicted octanol–water partition coefficient (Wildman–Crippen LogP) is 4.51. The van der Waals surface area contributed by atoms with Crippen molar-refractivity contribution < 1.29 is 0 Å². The zero-order chi connectivity index (χ0) is 14.0. The minimum absolute atomic E-state index is 0.380. The van der Waals surface area contributed by atoms with Crippen molar-refractivity contribution in [1.29, 1.82) is 0 Å². The highest BCUT2D eigenvalue weighted by atomic mass is 14.9. The van der Waals surface area contributed by atoms with Gasteiger partial charge >= 0.3 is 0 Å². The van der Waals surface area contributed by atoms with Gasteiger partial charge in [-0.05, 0) is 60.8 Å². The van der Waals surface area contributed by atoms with Crippen LogP contribution in [-0.2, 0) is 12.8 Å². The number of rotatable bonds is 4. The van der Waals surface area contributed by atoms with Crippen LogP contribution < -0.4 is 5.32 Å². The van der Waals surface area contributed by atoms with E-state index in [4.69, 9.17) is 0 Å². The molecule has 0 saturated heterocycles. The molecule has 1 nitrogen and oxygen atoms in total. The average molecular weight is 259 g/mol. The highest BCUT2D eigenvalue weighted by molar-refractivity contribution is 5.36. The smallest absolute Gasteiger partial charge is 0.0292 e. The Labute approximate surface area is 118 Å². The lowest BCUT2D eigenvalue weighted by Gasteiger charge is -2.29. The molecule has 1 heteroatoms. The van der Waals surface area contributed by atoms with Gasteiger partial charge in [0.1, 0.15) is 0 Å². The minimum atomic E-state index is 0.380. The van der Waals surface area contributed by atoms with E-state index in [-0.39, 0.29) is 0 Å². The molecule has 0 saturated carbocycles. The van der Waals surface area contributed by atoms with Crippen molar-refractivity contribution in [3.8, 4) is 0 Å². The molecule has 1 aliphatic rings. The molecule has 2 rings (SSSR count). The van der Waals surface area contributed by atoms with Crippen molar-refractivity contribution in [2.75, 3.05) is 6.54 Å². The van der Waals surface area contributed by atoms with Gasteiger partial charge in [0, 0.05) is 6.04 Å². The van der Waals surface area contributed by atoms with Crippen molar-refractivity contribution in [1.82, 2.24) is 5.32 Å². The molecule has 2 atom stereocenters. The summed E-state index contributed by atoms with van der Waals surface area (Å²) in [6.07, 6.45) is 3.88. The van der Waals surface area contributed by atoms with Crippen molar-refractivity contribution in [3.05, 3.63) is 34.9 Å². The Balaban J connectivity index is 1.95. The summed E-state index contributed by atoms with van der Waals surface area (Å²) in [6, 6.07) is 7.52. The molecule has 0 bridgehead atoms. The zero-order valence-corrected chi connectivity index (χ0v) is 13.2. The lowest BCUT2D eigenvalue weighted by atomic mass is 9.82. The molecule has 1 aromatic carbocycles. The second kappa shape index (κ2) is 5.66. The van der Waals surface area contributed by atoms with Crippen LogP contribution in [0.5, 0.6) is 0 Å². The number of hydrogen-bond donors (Lipinski definition) is 1. The van der Waals surface area contributed by atoms with E-state index in [1.165, 1.54) is 24.8 Å². The first-order valence-electron chi connectivity index (χ1n) is 7.73. The van der Waals surface area contributed by atoms with Crippen LogP contribution >= 0.6 is 0 Å². The third-order valence-corrected chi connectivity index (χ3v) is 4.83. The van der Waals surface area contributed by atoms with Gasteiger partial charge < -0.3 is 5.32 Å². The fourth-order valence-electron chi connectivity index (χ4n) is 2.64. The topological polar surface area (TPSA) is 12.0 Å². The summed E-state index contributed by atoms with van der Waals surface area (Å²) < 4.78 is 0. The molecule has 0 fully saturated rings. The zero-order valence-electron chi connectivity index (χ0n) is 13.2. The number of aryl methyl sites for hydroxylation is 2. The van der Waals surface area contributed by atoms with E-state index >= 15 is 0 Å². The van der Waals surface area contributed by atoms with Gasteiger partial charge in [-0.15, -0.1) is 0 Å². The molecule has 1 aliphatic carbocycles. The molecule has 106 valence electrons. The van der Waals surface area contributed by atoms with E-state index in [9.17, 15) is 0 Å². The van der Waals surface area contributed by atoms with E-state index < -0.39 is 0 Å². The number of hydrogen-bond acceptors (Lipinski definition) is 1. The van der Waals surface area contributed by atoms with Crippen LogP contribution in [0.2, 0.25) is 0 Å². The van der Waals surface area contributed by atoms with Gasteiger partial charge in [-0.2, -0.15) is 0 Å². The van der Waals surface area contributed by atoms with Crippen LogP contribution in [0.1, 0.15) is 63.8 Å². The Bertz CT molecular complexity index is 428. The first-order chi connectivity index (χ1) is 8.88. The van der Waals surface area contributed by atoms with E-state index in [1.807, 2.05) is 0 Å². The van der Waals surface area contributed by atoms with Gasteiger partial charge in [0.05, 0.1) is 0 Å². The SMILES string of the molecule is CC(NCC(C)C(C)(C)C)c1ccc2c(c1)CCC2. The van der Waals surface area contributed by atoms with Crippen LogP contribution in [0.15, 0.2) is 18.2 Å². The van der Waals surface area contributed by atoms with Gasteiger partial charge in [0.25, 0.3) is 0 Å². The van der Waals surface area contributed by atoms with E-state index in [0.717, 1.165) is 6.54 Å². The van der Waals surface area contributed by atoms with Gasteiger partial charge in [-0.3, -0.25) is 0 Å². The molecule has 1 N–H and O–H groups in total. The fourth-order valence-corrected chi connectivity index (χ4v) is 2.64. The summed E-state index contributed by atoms with van der Waals surface area (Å²) in [4.78, 5) is 0. The summed E-state index contributed by atoms with van der Waals surface area (Å²) in [7, 11) is 0. The third-order valence-electron chi connectivity index (χ3n) is 4.83. The summed E-state index contributed by atoms with van der Waals surface area (Å²) in [5.41, 5.74) is 4.97. The highest BCUT2D eigenvalue weighted by Crippen LogP contribution is 2.27. The first-order valence-corrected chi connectivity index (χ1v) is 7.73. The maximum absolute atomic E-state index is 3.70. The largest absolute Gasteiger partial charge is 0.310 e. The van der Waals surface area contributed by atoms with Crippen LogP contribution in [0.3, 0.4) is 0 Å². The lowest BCUT2D eigenvalue weighted by molar-refractivity contribution is 0.247. The second-order valence-corrected chi connectivity index (χ2v) is 7.28. The molecule has 0 aliphatic heterocycles. The van der Waals surface area contributed by atoms with Crippen LogP contribution in [0, 0.1) is 11.3 Å². The Kier molecular flexibility index (Phi) is 4.35. The molecule has 2 unspecified atom stereocenters. The maximum atomic E-state index is 3.70. The molecule has 0 heterocycles. The number of fused-ring (bicyclic) bond motifs is 1. The molecule has 0 amide bonds. The summed E-state index contributed by atoms with van der Waals surface area (Å²) in [5, 5.41) is 3.70. The number of nitrogens with one attached hydrogen (secondary N) is 1. The van der Waals surface area contributed by atoms with Crippen molar-refractivity contribution in [2.24, 2.45) is 11.3 Å². The lowest BCUT2D eigenvalue weighted by Crippen LogP contribution is -2.31. The molecular formula is C18H29N. The Morgan fingerprint density at radius 3 is 2.47 bits per heavy atom. The average Bonchev–Trinajstić information content (AvgIpc) is 2.81. The standard InChI is InChI=1S/C18H29N/c1-13(18(3,4)5)12-19-14(2)16-10-9-15-7-6-8-17(15)11-16/h9-11,13-14,19H,6-8,12H2,1-5H3. The monoisotopic (exact) mass is 259 g/mol. The van der Waals surface area contributed by atoms with E-state index in [0.29, 0.717) is 17.4 Å². The van der Waals surface area contributed by atoms with Crippen molar-refractivity contribution >= 4 is 0 Å². The Morgan fingerprint density at radius 2 is 1.79 bits per heavy atom. The molecule has 0 spiro atoms. The normalized spacial score (nSPS) is 18.2. The van der Waals surface area contributed by atoms with E-state index in [2.05, 4.69) is 58.1 Å². The second-order valence-electron chi connectivity index (χ2n) is 7.28. The first kappa shape index (κ1) is 14.6. The van der Waals surface area contributed by atoms with Gasteiger partial charge in [0.2, 0.25) is 0 Å². The van der Waals surface area contributed by atoms with E-state index in [1.54, 1.807) is 11.1 Å². The van der Waals surface area contributed by atoms with Crippen LogP contribution in [0.4, 0.5) is 0 Å². The fraction of sp³-hybridized carbons (Fsp3) is 0.667. The third kappa shape index (κ3) is 3.60. The van der Waals surface area contributed by atoms with Crippen molar-refractivity contribution in [3.63, 3.8) is 0 Å². The molecule has 0 radical (unpaired) electrons. The minimum Gasteiger partial charge on any atom is -0.310 e. The van der Waals surface area contributed by atoms with Gasteiger partial charge in [-0.25, -0.2) is 0 Å². The predicted molar refractivity (Wildman–Crippen MR) is 83.5 cm³/mol. The van der Waals surface area contributed by atoms with Crippen LogP contribution in [-0.4, -0.2) is 6.54 Å².